The number of hydrogen-bond donors (Lipinski definition) is 1. The highest BCUT2D eigenvalue weighted by atomic mass is 35.5. The molecule has 0 aliphatic heterocycles. The zero-order valence-electron chi connectivity index (χ0n) is 11.0. The van der Waals surface area contributed by atoms with Crippen LogP contribution in [0.5, 0.6) is 0 Å². The van der Waals surface area contributed by atoms with Crippen molar-refractivity contribution in [3.63, 3.8) is 0 Å². The Morgan fingerprint density at radius 3 is 2.42 bits per heavy atom. The van der Waals surface area contributed by atoms with E-state index < -0.39 is 0 Å². The lowest BCUT2D eigenvalue weighted by atomic mass is 10.1. The average molecular weight is 274 g/mol. The molecule has 2 nitrogen and oxygen atoms in total. The molecule has 1 N–H and O–H groups in total. The molecule has 0 radical (unpaired) electrons. The molecule has 98 valence electrons. The second-order valence-electron chi connectivity index (χ2n) is 4.60. The van der Waals surface area contributed by atoms with Crippen LogP contribution in [0, 0.1) is 13.8 Å². The van der Waals surface area contributed by atoms with Gasteiger partial charge in [-0.15, -0.1) is 11.6 Å². The molecule has 0 aliphatic carbocycles. The second kappa shape index (κ2) is 5.89. The van der Waals surface area contributed by atoms with E-state index in [-0.39, 0.29) is 5.91 Å². The van der Waals surface area contributed by atoms with Crippen molar-refractivity contribution in [3.05, 3.63) is 64.7 Å². The summed E-state index contributed by atoms with van der Waals surface area (Å²) < 4.78 is 0. The van der Waals surface area contributed by atoms with E-state index in [1.165, 1.54) is 0 Å². The first-order valence-corrected chi connectivity index (χ1v) is 6.67. The molecule has 0 saturated heterocycles. The number of aryl methyl sites for hydroxylation is 2. The predicted octanol–water partition coefficient (Wildman–Crippen LogP) is 4.29. The fraction of sp³-hybridized carbons (Fsp3) is 0.188. The van der Waals surface area contributed by atoms with Crippen molar-refractivity contribution in [3.8, 4) is 0 Å². The molecule has 19 heavy (non-hydrogen) atoms. The summed E-state index contributed by atoms with van der Waals surface area (Å²) in [4.78, 5) is 12.1. The molecule has 0 unspecified atom stereocenters. The Bertz CT molecular complexity index is 590. The molecule has 0 aliphatic rings. The van der Waals surface area contributed by atoms with E-state index in [2.05, 4.69) is 5.32 Å². The molecular weight excluding hydrogens is 258 g/mol. The van der Waals surface area contributed by atoms with Crippen molar-refractivity contribution < 1.29 is 4.79 Å². The number of nitrogens with one attached hydrogen (secondary N) is 1. The Balaban J connectivity index is 2.18. The van der Waals surface area contributed by atoms with Crippen LogP contribution in [-0.4, -0.2) is 5.91 Å². The molecule has 2 aromatic carbocycles. The largest absolute Gasteiger partial charge is 0.322 e. The van der Waals surface area contributed by atoms with Gasteiger partial charge >= 0.3 is 0 Å². The molecular formula is C16H16ClNO. The number of anilines is 1. The summed E-state index contributed by atoms with van der Waals surface area (Å²) in [7, 11) is 0. The van der Waals surface area contributed by atoms with Gasteiger partial charge in [0.05, 0.1) is 0 Å². The standard InChI is InChI=1S/C16H16ClNO/c1-11-3-4-12(2)15(9-11)18-16(19)14-7-5-13(10-17)6-8-14/h3-9H,10H2,1-2H3,(H,18,19). The van der Waals surface area contributed by atoms with Crippen LogP contribution in [0.3, 0.4) is 0 Å². The van der Waals surface area contributed by atoms with Gasteiger partial charge in [0.15, 0.2) is 0 Å². The van der Waals surface area contributed by atoms with Crippen molar-refractivity contribution in [2.24, 2.45) is 0 Å². The highest BCUT2D eigenvalue weighted by Gasteiger charge is 2.07. The van der Waals surface area contributed by atoms with Gasteiger partial charge in [-0.2, -0.15) is 0 Å². The lowest BCUT2D eigenvalue weighted by Crippen LogP contribution is -2.12. The van der Waals surface area contributed by atoms with Gasteiger partial charge in [0, 0.05) is 17.1 Å². The molecule has 0 bridgehead atoms. The molecule has 0 aromatic heterocycles. The number of benzene rings is 2. The van der Waals surface area contributed by atoms with Gasteiger partial charge in [-0.25, -0.2) is 0 Å². The SMILES string of the molecule is Cc1ccc(C)c(NC(=O)c2ccc(CCl)cc2)c1. The first-order valence-electron chi connectivity index (χ1n) is 6.13. The Hall–Kier alpha value is -1.80. The predicted molar refractivity (Wildman–Crippen MR) is 79.9 cm³/mol. The van der Waals surface area contributed by atoms with Crippen molar-refractivity contribution in [2.75, 3.05) is 5.32 Å². The van der Waals surface area contributed by atoms with Crippen LogP contribution >= 0.6 is 11.6 Å². The molecule has 0 fully saturated rings. The van der Waals surface area contributed by atoms with Crippen molar-refractivity contribution in [2.45, 2.75) is 19.7 Å². The summed E-state index contributed by atoms with van der Waals surface area (Å²) >= 11 is 5.73. The second-order valence-corrected chi connectivity index (χ2v) is 4.87. The smallest absolute Gasteiger partial charge is 0.255 e. The number of hydrogen-bond acceptors (Lipinski definition) is 1. The van der Waals surface area contributed by atoms with Gasteiger partial charge < -0.3 is 5.32 Å². The highest BCUT2D eigenvalue weighted by molar-refractivity contribution is 6.17. The minimum Gasteiger partial charge on any atom is -0.322 e. The van der Waals surface area contributed by atoms with E-state index in [1.807, 2.05) is 44.2 Å². The normalized spacial score (nSPS) is 10.3. The van der Waals surface area contributed by atoms with Crippen LogP contribution in [0.4, 0.5) is 5.69 Å². The van der Waals surface area contributed by atoms with Gasteiger partial charge in [-0.3, -0.25) is 4.79 Å². The van der Waals surface area contributed by atoms with Gasteiger partial charge in [0.2, 0.25) is 0 Å². The summed E-state index contributed by atoms with van der Waals surface area (Å²) in [6, 6.07) is 13.3. The summed E-state index contributed by atoms with van der Waals surface area (Å²) in [5, 5.41) is 2.93. The van der Waals surface area contributed by atoms with Crippen LogP contribution in [0.15, 0.2) is 42.5 Å². The molecule has 0 spiro atoms. The third kappa shape index (κ3) is 3.36. The van der Waals surface area contributed by atoms with Crippen LogP contribution in [0.25, 0.3) is 0 Å². The Labute approximate surface area is 118 Å². The summed E-state index contributed by atoms with van der Waals surface area (Å²) in [6.07, 6.45) is 0. The number of halogens is 1. The van der Waals surface area contributed by atoms with E-state index in [4.69, 9.17) is 11.6 Å². The lowest BCUT2D eigenvalue weighted by Gasteiger charge is -2.09. The summed E-state index contributed by atoms with van der Waals surface area (Å²) in [6.45, 7) is 3.98. The number of carbonyl (C=O) groups excluding carboxylic acids is 1. The quantitative estimate of drug-likeness (QED) is 0.830. The maximum absolute atomic E-state index is 12.1. The highest BCUT2D eigenvalue weighted by Crippen LogP contribution is 2.17. The monoisotopic (exact) mass is 273 g/mol. The average Bonchev–Trinajstić information content (AvgIpc) is 2.43. The number of rotatable bonds is 3. The first kappa shape index (κ1) is 13.6. The minimum absolute atomic E-state index is 0.102. The Morgan fingerprint density at radius 1 is 1.11 bits per heavy atom. The Morgan fingerprint density at radius 2 is 1.79 bits per heavy atom. The fourth-order valence-corrected chi connectivity index (χ4v) is 1.99. The van der Waals surface area contributed by atoms with Gasteiger partial charge in [0.25, 0.3) is 5.91 Å². The summed E-state index contributed by atoms with van der Waals surface area (Å²) in [5.41, 5.74) is 4.67. The van der Waals surface area contributed by atoms with Gasteiger partial charge in [-0.05, 0) is 48.7 Å². The van der Waals surface area contributed by atoms with Gasteiger partial charge in [-0.1, -0.05) is 24.3 Å². The number of amides is 1. The fourth-order valence-electron chi connectivity index (χ4n) is 1.81. The van der Waals surface area contributed by atoms with Crippen molar-refractivity contribution >= 4 is 23.2 Å². The third-order valence-electron chi connectivity index (χ3n) is 3.01. The minimum atomic E-state index is -0.102. The zero-order valence-corrected chi connectivity index (χ0v) is 11.8. The zero-order chi connectivity index (χ0) is 13.8. The van der Waals surface area contributed by atoms with Crippen molar-refractivity contribution in [1.29, 1.82) is 0 Å². The number of carbonyl (C=O) groups is 1. The lowest BCUT2D eigenvalue weighted by molar-refractivity contribution is 0.102. The van der Waals surface area contributed by atoms with Gasteiger partial charge in [0.1, 0.15) is 0 Å². The van der Waals surface area contributed by atoms with E-state index in [1.54, 1.807) is 12.1 Å². The van der Waals surface area contributed by atoms with E-state index in [0.29, 0.717) is 11.4 Å². The number of alkyl halides is 1. The van der Waals surface area contributed by atoms with Crippen LogP contribution < -0.4 is 5.32 Å². The molecule has 0 atom stereocenters. The molecule has 2 aromatic rings. The maximum Gasteiger partial charge on any atom is 0.255 e. The third-order valence-corrected chi connectivity index (χ3v) is 3.32. The van der Waals surface area contributed by atoms with Crippen LogP contribution in [-0.2, 0) is 5.88 Å². The summed E-state index contributed by atoms with van der Waals surface area (Å²) in [5.74, 6) is 0.355. The molecule has 0 saturated carbocycles. The topological polar surface area (TPSA) is 29.1 Å². The van der Waals surface area contributed by atoms with Crippen LogP contribution in [0.2, 0.25) is 0 Å². The van der Waals surface area contributed by atoms with Crippen LogP contribution in [0.1, 0.15) is 27.0 Å². The van der Waals surface area contributed by atoms with E-state index >= 15 is 0 Å². The first-order chi connectivity index (χ1) is 9.10. The van der Waals surface area contributed by atoms with E-state index in [9.17, 15) is 4.79 Å². The molecule has 1 amide bonds. The van der Waals surface area contributed by atoms with Crippen molar-refractivity contribution in [1.82, 2.24) is 0 Å². The molecule has 0 heterocycles. The maximum atomic E-state index is 12.1. The molecule has 2 rings (SSSR count). The molecule has 3 heteroatoms. The Kier molecular flexibility index (Phi) is 4.23. The van der Waals surface area contributed by atoms with E-state index in [0.717, 1.165) is 22.4 Å².